The minimum absolute atomic E-state index is 0.188. The smallest absolute Gasteiger partial charge is 0.330 e. The summed E-state index contributed by atoms with van der Waals surface area (Å²) >= 11 is 0. The Morgan fingerprint density at radius 3 is 2.25 bits per heavy atom. The average Bonchev–Trinajstić information content (AvgIpc) is 2.91. The number of hydrogen-bond donors (Lipinski definition) is 1. The van der Waals surface area contributed by atoms with Crippen LogP contribution in [0.5, 0.6) is 0 Å². The Labute approximate surface area is 159 Å². The summed E-state index contributed by atoms with van der Waals surface area (Å²) in [7, 11) is 0. The number of ether oxygens (including phenoxy) is 4. The zero-order chi connectivity index (χ0) is 21.0. The van der Waals surface area contributed by atoms with Crippen LogP contribution in [0.1, 0.15) is 32.6 Å². The lowest BCUT2D eigenvalue weighted by Crippen LogP contribution is -2.40. The molecule has 1 aromatic rings. The van der Waals surface area contributed by atoms with Gasteiger partial charge in [0.2, 0.25) is 0 Å². The van der Waals surface area contributed by atoms with Gasteiger partial charge in [-0.1, -0.05) is 0 Å². The molecule has 1 fully saturated rings. The number of rotatable bonds is 6. The lowest BCUT2D eigenvalue weighted by atomic mass is 9.99. The molecule has 0 unspecified atom stereocenters. The number of esters is 3. The highest BCUT2D eigenvalue weighted by molar-refractivity contribution is 5.67. The molecule has 1 aliphatic rings. The van der Waals surface area contributed by atoms with Gasteiger partial charge in [-0.25, -0.2) is 4.79 Å². The van der Waals surface area contributed by atoms with Crippen molar-refractivity contribution in [2.24, 2.45) is 5.92 Å². The molecule has 0 bridgehead atoms. The van der Waals surface area contributed by atoms with Crippen molar-refractivity contribution >= 4 is 17.9 Å². The fourth-order valence-electron chi connectivity index (χ4n) is 2.89. The predicted octanol–water partition coefficient (Wildman–Crippen LogP) is -0.583. The molecule has 0 aromatic carbocycles. The van der Waals surface area contributed by atoms with Crippen LogP contribution in [0.3, 0.4) is 0 Å². The first kappa shape index (κ1) is 21.4. The van der Waals surface area contributed by atoms with Gasteiger partial charge in [0, 0.05) is 32.5 Å². The predicted molar refractivity (Wildman–Crippen MR) is 92.3 cm³/mol. The molecule has 1 saturated heterocycles. The average molecular weight is 398 g/mol. The van der Waals surface area contributed by atoms with Gasteiger partial charge in [-0.3, -0.25) is 28.7 Å². The van der Waals surface area contributed by atoms with Gasteiger partial charge in [0.05, 0.1) is 5.92 Å². The second kappa shape index (κ2) is 8.83. The number of H-pyrrole nitrogens is 1. The van der Waals surface area contributed by atoms with Gasteiger partial charge >= 0.3 is 23.6 Å². The SMILES string of the molecule is CC(=O)OC[C@@H]1[C@H](OC(C)=O)[C@@H](n2cc(C)c(=O)[nH]c2=O)O[C@H]1COC(C)=O. The molecule has 11 nitrogen and oxygen atoms in total. The lowest BCUT2D eigenvalue weighted by molar-refractivity contribution is -0.155. The molecule has 28 heavy (non-hydrogen) atoms. The number of nitrogens with zero attached hydrogens (tertiary/aromatic N) is 1. The highest BCUT2D eigenvalue weighted by Crippen LogP contribution is 2.36. The zero-order valence-electron chi connectivity index (χ0n) is 15.9. The second-order valence-corrected chi connectivity index (χ2v) is 6.39. The Kier molecular flexibility index (Phi) is 6.73. The third-order valence-corrected chi connectivity index (χ3v) is 4.15. The number of hydrogen-bond acceptors (Lipinski definition) is 9. The van der Waals surface area contributed by atoms with Crippen LogP contribution < -0.4 is 11.2 Å². The summed E-state index contributed by atoms with van der Waals surface area (Å²) < 4.78 is 22.3. The molecular weight excluding hydrogens is 376 g/mol. The molecule has 11 heteroatoms. The van der Waals surface area contributed by atoms with Crippen LogP contribution >= 0.6 is 0 Å². The minimum Gasteiger partial charge on any atom is -0.465 e. The molecule has 2 heterocycles. The summed E-state index contributed by atoms with van der Waals surface area (Å²) in [6.45, 7) is 4.72. The summed E-state index contributed by atoms with van der Waals surface area (Å²) in [6, 6.07) is 0. The van der Waals surface area contributed by atoms with Crippen LogP contribution in [0.4, 0.5) is 0 Å². The van der Waals surface area contributed by atoms with E-state index in [1.54, 1.807) is 0 Å². The standard InChI is InChI=1S/C17H22N2O9/c1-8-5-19(17(24)18-15(8)23)16-14(27-11(4)22)12(6-25-9(2)20)13(28-16)7-26-10(3)21/h5,12-14,16H,6-7H2,1-4H3,(H,18,23,24)/t12-,13-,14-,16-/m0/s1. The van der Waals surface area contributed by atoms with E-state index in [0.717, 1.165) is 4.57 Å². The lowest BCUT2D eigenvalue weighted by Gasteiger charge is -2.24. The largest absolute Gasteiger partial charge is 0.465 e. The molecule has 1 aromatic heterocycles. The van der Waals surface area contributed by atoms with E-state index in [2.05, 4.69) is 4.98 Å². The molecular formula is C17H22N2O9. The van der Waals surface area contributed by atoms with Crippen LogP contribution in [0.15, 0.2) is 15.8 Å². The van der Waals surface area contributed by atoms with Crippen LogP contribution in [0.25, 0.3) is 0 Å². The maximum absolute atomic E-state index is 12.3. The number of aromatic amines is 1. The van der Waals surface area contributed by atoms with Crippen molar-refractivity contribution in [3.63, 3.8) is 0 Å². The van der Waals surface area contributed by atoms with E-state index in [9.17, 15) is 24.0 Å². The van der Waals surface area contributed by atoms with Crippen LogP contribution in [-0.2, 0) is 33.3 Å². The number of nitrogens with one attached hydrogen (secondary N) is 1. The summed E-state index contributed by atoms with van der Waals surface area (Å²) in [5.41, 5.74) is -1.09. The Morgan fingerprint density at radius 2 is 1.68 bits per heavy atom. The van der Waals surface area contributed by atoms with Crippen molar-refractivity contribution in [2.45, 2.75) is 46.1 Å². The van der Waals surface area contributed by atoms with E-state index in [-0.39, 0.29) is 18.8 Å². The molecule has 0 saturated carbocycles. The molecule has 1 N–H and O–H groups in total. The van der Waals surface area contributed by atoms with Gasteiger partial charge in [-0.2, -0.15) is 0 Å². The van der Waals surface area contributed by atoms with E-state index in [0.29, 0.717) is 0 Å². The van der Waals surface area contributed by atoms with Gasteiger partial charge in [0.15, 0.2) is 12.3 Å². The first-order valence-corrected chi connectivity index (χ1v) is 8.51. The Balaban J connectivity index is 2.44. The quantitative estimate of drug-likeness (QED) is 0.491. The minimum atomic E-state index is -1.12. The van der Waals surface area contributed by atoms with E-state index in [1.807, 2.05) is 0 Å². The van der Waals surface area contributed by atoms with Crippen molar-refractivity contribution in [1.29, 1.82) is 0 Å². The van der Waals surface area contributed by atoms with Crippen molar-refractivity contribution in [1.82, 2.24) is 9.55 Å². The maximum Gasteiger partial charge on any atom is 0.330 e. The third-order valence-electron chi connectivity index (χ3n) is 4.15. The Hall–Kier alpha value is -2.95. The van der Waals surface area contributed by atoms with Crippen molar-refractivity contribution in [3.05, 3.63) is 32.6 Å². The molecule has 2 rings (SSSR count). The van der Waals surface area contributed by atoms with Crippen LogP contribution in [-0.4, -0.2) is 52.9 Å². The molecule has 0 amide bonds. The Bertz CT molecular complexity index is 872. The molecule has 154 valence electrons. The van der Waals surface area contributed by atoms with Crippen molar-refractivity contribution < 1.29 is 33.3 Å². The summed E-state index contributed by atoms with van der Waals surface area (Å²) in [6.07, 6.45) is -1.69. The third kappa shape index (κ3) is 5.06. The topological polar surface area (TPSA) is 143 Å². The highest BCUT2D eigenvalue weighted by atomic mass is 16.6. The number of carbonyl (C=O) groups is 3. The first-order chi connectivity index (χ1) is 13.1. The maximum atomic E-state index is 12.3. The summed E-state index contributed by atoms with van der Waals surface area (Å²) in [4.78, 5) is 60.1. The number of aromatic nitrogens is 2. The molecule has 0 radical (unpaired) electrons. The fourth-order valence-corrected chi connectivity index (χ4v) is 2.89. The van der Waals surface area contributed by atoms with Crippen LogP contribution in [0.2, 0.25) is 0 Å². The van der Waals surface area contributed by atoms with E-state index in [1.165, 1.54) is 33.9 Å². The fraction of sp³-hybridized carbons (Fsp3) is 0.588. The Morgan fingerprint density at radius 1 is 1.07 bits per heavy atom. The first-order valence-electron chi connectivity index (χ1n) is 8.51. The normalized spacial score (nSPS) is 23.9. The van der Waals surface area contributed by atoms with Gasteiger partial charge < -0.3 is 18.9 Å². The molecule has 0 aliphatic carbocycles. The van der Waals surface area contributed by atoms with Crippen LogP contribution in [0, 0.1) is 12.8 Å². The highest BCUT2D eigenvalue weighted by Gasteiger charge is 2.49. The van der Waals surface area contributed by atoms with Gasteiger partial charge in [0.1, 0.15) is 19.3 Å². The van der Waals surface area contributed by atoms with E-state index in [4.69, 9.17) is 18.9 Å². The van der Waals surface area contributed by atoms with E-state index >= 15 is 0 Å². The van der Waals surface area contributed by atoms with Gasteiger partial charge in [-0.15, -0.1) is 0 Å². The summed E-state index contributed by atoms with van der Waals surface area (Å²) in [5.74, 6) is -2.47. The van der Waals surface area contributed by atoms with Gasteiger partial charge in [-0.05, 0) is 6.92 Å². The molecule has 1 aliphatic heterocycles. The molecule has 4 atom stereocenters. The summed E-state index contributed by atoms with van der Waals surface area (Å²) in [5, 5.41) is 0. The van der Waals surface area contributed by atoms with Crippen molar-refractivity contribution in [2.75, 3.05) is 13.2 Å². The zero-order valence-corrected chi connectivity index (χ0v) is 15.9. The molecule has 0 spiro atoms. The second-order valence-electron chi connectivity index (χ2n) is 6.39. The van der Waals surface area contributed by atoms with E-state index < -0.39 is 53.5 Å². The van der Waals surface area contributed by atoms with Crippen molar-refractivity contribution in [3.8, 4) is 0 Å². The number of aryl methyl sites for hydroxylation is 1. The van der Waals surface area contributed by atoms with Gasteiger partial charge in [0.25, 0.3) is 5.56 Å². The monoisotopic (exact) mass is 398 g/mol. The number of carbonyl (C=O) groups excluding carboxylic acids is 3.